The Balaban J connectivity index is 2.23. The number of benzene rings is 1. The summed E-state index contributed by atoms with van der Waals surface area (Å²) >= 11 is 12.2. The van der Waals surface area contributed by atoms with Gasteiger partial charge in [-0.2, -0.15) is 0 Å². The second-order valence-electron chi connectivity index (χ2n) is 5.13. The van der Waals surface area contributed by atoms with E-state index in [1.165, 1.54) is 0 Å². The molecule has 1 saturated heterocycles. The zero-order valence-corrected chi connectivity index (χ0v) is 12.8. The summed E-state index contributed by atoms with van der Waals surface area (Å²) in [6, 6.07) is 5.71. The van der Waals surface area contributed by atoms with Crippen molar-refractivity contribution in [1.29, 1.82) is 0 Å². The third kappa shape index (κ3) is 3.61. The van der Waals surface area contributed by atoms with Crippen LogP contribution < -0.4 is 5.73 Å². The molecule has 0 aliphatic carbocycles. The maximum Gasteiger partial charge on any atom is 0.0678 e. The van der Waals surface area contributed by atoms with Crippen LogP contribution in [0, 0.1) is 0 Å². The van der Waals surface area contributed by atoms with E-state index in [1.807, 2.05) is 12.1 Å². The molecule has 106 valence electrons. The monoisotopic (exact) mass is 302 g/mol. The molecule has 0 aromatic heterocycles. The van der Waals surface area contributed by atoms with Crippen LogP contribution in [0.15, 0.2) is 18.2 Å². The van der Waals surface area contributed by atoms with E-state index in [2.05, 4.69) is 18.7 Å². The summed E-state index contributed by atoms with van der Waals surface area (Å²) in [6.07, 6.45) is 0.424. The summed E-state index contributed by atoms with van der Waals surface area (Å²) < 4.78 is 5.76. The minimum absolute atomic E-state index is 0.110. The van der Waals surface area contributed by atoms with E-state index < -0.39 is 0 Å². The highest BCUT2D eigenvalue weighted by Crippen LogP contribution is 2.31. The average Bonchev–Trinajstić information content (AvgIpc) is 2.31. The summed E-state index contributed by atoms with van der Waals surface area (Å²) in [5, 5.41) is 1.32. The minimum atomic E-state index is 0.110. The number of halogens is 2. The molecule has 0 amide bonds. The predicted octanol–water partition coefficient (Wildman–Crippen LogP) is 3.10. The molecule has 1 heterocycles. The van der Waals surface area contributed by atoms with Crippen molar-refractivity contribution >= 4 is 23.2 Å². The van der Waals surface area contributed by atoms with Gasteiger partial charge in [-0.15, -0.1) is 0 Å². The lowest BCUT2D eigenvalue weighted by atomic mass is 10.0. The van der Waals surface area contributed by atoms with Crippen molar-refractivity contribution in [2.24, 2.45) is 5.73 Å². The molecule has 3 nitrogen and oxygen atoms in total. The Hall–Kier alpha value is -0.320. The highest BCUT2D eigenvalue weighted by Gasteiger charge is 2.29. The van der Waals surface area contributed by atoms with Crippen molar-refractivity contribution in [2.75, 3.05) is 19.6 Å². The van der Waals surface area contributed by atoms with Gasteiger partial charge in [0.1, 0.15) is 0 Å². The Morgan fingerprint density at radius 3 is 2.47 bits per heavy atom. The van der Waals surface area contributed by atoms with Crippen LogP contribution in [0.1, 0.15) is 25.5 Å². The van der Waals surface area contributed by atoms with E-state index >= 15 is 0 Å². The summed E-state index contributed by atoms with van der Waals surface area (Å²) in [4.78, 5) is 2.34. The molecule has 19 heavy (non-hydrogen) atoms. The van der Waals surface area contributed by atoms with Gasteiger partial charge in [0.05, 0.1) is 12.2 Å². The number of hydrogen-bond donors (Lipinski definition) is 1. The number of nitrogens with zero attached hydrogens (tertiary/aromatic N) is 1. The standard InChI is InChI=1S/C14H20Cl2N2O/c1-9-7-18(8-10(2)19-9)14(6-17)12-4-3-11(15)5-13(12)16/h3-5,9-10,14H,6-8,17H2,1-2H3/t9-,10+,14-/m0/s1. The third-order valence-electron chi connectivity index (χ3n) is 3.43. The van der Waals surface area contributed by atoms with Crippen molar-refractivity contribution in [3.8, 4) is 0 Å². The number of nitrogens with two attached hydrogens (primary N) is 1. The van der Waals surface area contributed by atoms with Crippen molar-refractivity contribution in [3.63, 3.8) is 0 Å². The summed E-state index contributed by atoms with van der Waals surface area (Å²) in [5.41, 5.74) is 7.00. The summed E-state index contributed by atoms with van der Waals surface area (Å²) in [5.74, 6) is 0. The Kier molecular flexibility index (Phi) is 5.09. The average molecular weight is 303 g/mol. The summed E-state index contributed by atoms with van der Waals surface area (Å²) in [6.45, 7) is 6.43. The Bertz CT molecular complexity index is 431. The van der Waals surface area contributed by atoms with E-state index in [9.17, 15) is 0 Å². The van der Waals surface area contributed by atoms with Crippen LogP contribution >= 0.6 is 23.2 Å². The topological polar surface area (TPSA) is 38.5 Å². The molecule has 1 aliphatic rings. The van der Waals surface area contributed by atoms with E-state index in [1.54, 1.807) is 6.07 Å². The van der Waals surface area contributed by atoms with E-state index in [0.29, 0.717) is 16.6 Å². The largest absolute Gasteiger partial charge is 0.373 e. The quantitative estimate of drug-likeness (QED) is 0.932. The van der Waals surface area contributed by atoms with Gasteiger partial charge in [-0.3, -0.25) is 4.90 Å². The van der Waals surface area contributed by atoms with Gasteiger partial charge in [-0.25, -0.2) is 0 Å². The van der Waals surface area contributed by atoms with Crippen LogP contribution in [0.3, 0.4) is 0 Å². The smallest absolute Gasteiger partial charge is 0.0678 e. The van der Waals surface area contributed by atoms with Crippen molar-refractivity contribution < 1.29 is 4.74 Å². The second-order valence-corrected chi connectivity index (χ2v) is 5.97. The van der Waals surface area contributed by atoms with E-state index in [0.717, 1.165) is 18.7 Å². The van der Waals surface area contributed by atoms with Crippen molar-refractivity contribution in [3.05, 3.63) is 33.8 Å². The number of rotatable bonds is 3. The maximum atomic E-state index is 6.30. The van der Waals surface area contributed by atoms with E-state index in [4.69, 9.17) is 33.7 Å². The molecule has 0 spiro atoms. The molecule has 0 bridgehead atoms. The maximum absolute atomic E-state index is 6.30. The van der Waals surface area contributed by atoms with Gasteiger partial charge >= 0.3 is 0 Å². The number of ether oxygens (including phenoxy) is 1. The van der Waals surface area contributed by atoms with Gasteiger partial charge in [0.25, 0.3) is 0 Å². The van der Waals surface area contributed by atoms with Gasteiger partial charge in [0.2, 0.25) is 0 Å². The fourth-order valence-electron chi connectivity index (χ4n) is 2.72. The molecule has 2 N–H and O–H groups in total. The molecular weight excluding hydrogens is 283 g/mol. The Morgan fingerprint density at radius 2 is 1.95 bits per heavy atom. The molecule has 1 aromatic rings. The molecule has 0 unspecified atom stereocenters. The van der Waals surface area contributed by atoms with Crippen LogP contribution in [0.25, 0.3) is 0 Å². The van der Waals surface area contributed by atoms with Gasteiger partial charge in [0, 0.05) is 35.7 Å². The van der Waals surface area contributed by atoms with Gasteiger partial charge in [-0.1, -0.05) is 29.3 Å². The fraction of sp³-hybridized carbons (Fsp3) is 0.571. The fourth-order valence-corrected chi connectivity index (χ4v) is 3.25. The van der Waals surface area contributed by atoms with Crippen LogP contribution in [0.2, 0.25) is 10.0 Å². The molecular formula is C14H20Cl2N2O. The normalized spacial score (nSPS) is 26.4. The SMILES string of the molecule is C[C@@H]1CN([C@@H](CN)c2ccc(Cl)cc2Cl)C[C@H](C)O1. The van der Waals surface area contributed by atoms with Crippen LogP contribution in [0.4, 0.5) is 0 Å². The first-order chi connectivity index (χ1) is 9.01. The zero-order chi connectivity index (χ0) is 14.0. The third-order valence-corrected chi connectivity index (χ3v) is 4.00. The van der Waals surface area contributed by atoms with Gasteiger partial charge in [-0.05, 0) is 31.5 Å². The molecule has 1 aromatic carbocycles. The van der Waals surface area contributed by atoms with Crippen LogP contribution in [-0.4, -0.2) is 36.7 Å². The van der Waals surface area contributed by atoms with Gasteiger partial charge < -0.3 is 10.5 Å². The highest BCUT2D eigenvalue weighted by molar-refractivity contribution is 6.35. The van der Waals surface area contributed by atoms with Crippen LogP contribution in [0.5, 0.6) is 0 Å². The molecule has 0 radical (unpaired) electrons. The number of hydrogen-bond acceptors (Lipinski definition) is 3. The molecule has 0 saturated carbocycles. The Labute approximate surface area is 124 Å². The predicted molar refractivity (Wildman–Crippen MR) is 79.8 cm³/mol. The molecule has 1 fully saturated rings. The van der Waals surface area contributed by atoms with E-state index in [-0.39, 0.29) is 18.2 Å². The lowest BCUT2D eigenvalue weighted by molar-refractivity contribution is -0.0799. The molecule has 3 atom stereocenters. The lowest BCUT2D eigenvalue weighted by Gasteiger charge is -2.40. The first-order valence-electron chi connectivity index (χ1n) is 6.55. The molecule has 5 heteroatoms. The minimum Gasteiger partial charge on any atom is -0.373 e. The molecule has 1 aliphatic heterocycles. The molecule has 2 rings (SSSR count). The summed E-state index contributed by atoms with van der Waals surface area (Å²) in [7, 11) is 0. The zero-order valence-electron chi connectivity index (χ0n) is 11.3. The first kappa shape index (κ1) is 15.1. The Morgan fingerprint density at radius 1 is 1.32 bits per heavy atom. The number of morpholine rings is 1. The van der Waals surface area contributed by atoms with Crippen molar-refractivity contribution in [2.45, 2.75) is 32.1 Å². The lowest BCUT2D eigenvalue weighted by Crippen LogP contribution is -2.48. The van der Waals surface area contributed by atoms with Crippen LogP contribution in [-0.2, 0) is 4.74 Å². The second kappa shape index (κ2) is 6.42. The van der Waals surface area contributed by atoms with Gasteiger partial charge in [0.15, 0.2) is 0 Å². The van der Waals surface area contributed by atoms with Crippen molar-refractivity contribution in [1.82, 2.24) is 4.90 Å². The first-order valence-corrected chi connectivity index (χ1v) is 7.31. The highest BCUT2D eigenvalue weighted by atomic mass is 35.5.